The number of methoxy groups -OCH3 is 1. The first-order valence-electron chi connectivity index (χ1n) is 8.13. The minimum Gasteiger partial charge on any atom is -0.496 e. The van der Waals surface area contributed by atoms with Gasteiger partial charge in [0.2, 0.25) is 5.91 Å². The molecule has 0 aromatic heterocycles. The zero-order valence-corrected chi connectivity index (χ0v) is 16.2. The quantitative estimate of drug-likeness (QED) is 0.524. The van der Waals surface area contributed by atoms with Crippen molar-refractivity contribution in [2.45, 2.75) is 13.3 Å². The number of ether oxygens (including phenoxy) is 2. The van der Waals surface area contributed by atoms with E-state index >= 15 is 0 Å². The van der Waals surface area contributed by atoms with Crippen LogP contribution in [-0.2, 0) is 9.53 Å². The van der Waals surface area contributed by atoms with Crippen molar-refractivity contribution >= 4 is 39.6 Å². The maximum atomic E-state index is 12.1. The first-order valence-corrected chi connectivity index (χ1v) is 8.92. The van der Waals surface area contributed by atoms with E-state index in [9.17, 15) is 9.59 Å². The van der Waals surface area contributed by atoms with Crippen molar-refractivity contribution < 1.29 is 19.1 Å². The second-order valence-corrected chi connectivity index (χ2v) is 6.34. The summed E-state index contributed by atoms with van der Waals surface area (Å²) < 4.78 is 11.2. The summed E-state index contributed by atoms with van der Waals surface area (Å²) in [5.41, 5.74) is 1.82. The summed E-state index contributed by atoms with van der Waals surface area (Å²) in [5.74, 6) is 0.0203. The molecule has 0 bridgehead atoms. The fourth-order valence-corrected chi connectivity index (χ4v) is 2.53. The van der Waals surface area contributed by atoms with Crippen LogP contribution < -0.4 is 10.1 Å². The first-order chi connectivity index (χ1) is 12.5. The lowest BCUT2D eigenvalue weighted by molar-refractivity contribution is -0.111. The van der Waals surface area contributed by atoms with E-state index in [0.717, 1.165) is 16.5 Å². The summed E-state index contributed by atoms with van der Waals surface area (Å²) in [4.78, 5) is 23.8. The van der Waals surface area contributed by atoms with Gasteiger partial charge in [-0.1, -0.05) is 22.9 Å². The molecule has 0 saturated carbocycles. The Bertz CT molecular complexity index is 800. The Labute approximate surface area is 161 Å². The van der Waals surface area contributed by atoms with Gasteiger partial charge in [0.1, 0.15) is 5.75 Å². The molecular formula is C20H20BrNO4. The first kappa shape index (κ1) is 19.7. The summed E-state index contributed by atoms with van der Waals surface area (Å²) in [6.07, 6.45) is 3.87. The number of carbonyl (C=O) groups excluding carboxylic acids is 2. The fraction of sp³-hybridized carbons (Fsp3) is 0.200. The van der Waals surface area contributed by atoms with E-state index in [-0.39, 0.29) is 11.9 Å². The third-order valence-electron chi connectivity index (χ3n) is 3.43. The van der Waals surface area contributed by atoms with Crippen molar-refractivity contribution in [2.24, 2.45) is 0 Å². The molecule has 136 valence electrons. The monoisotopic (exact) mass is 417 g/mol. The zero-order chi connectivity index (χ0) is 18.9. The lowest BCUT2D eigenvalue weighted by Gasteiger charge is -2.06. The molecule has 6 heteroatoms. The van der Waals surface area contributed by atoms with Gasteiger partial charge >= 0.3 is 5.97 Å². The average molecular weight is 418 g/mol. The smallest absolute Gasteiger partial charge is 0.338 e. The highest BCUT2D eigenvalue weighted by Gasteiger charge is 2.07. The van der Waals surface area contributed by atoms with Crippen LogP contribution >= 0.6 is 15.9 Å². The van der Waals surface area contributed by atoms with Gasteiger partial charge in [0.15, 0.2) is 0 Å². The minimum absolute atomic E-state index is 0.284. The number of hydrogen-bond acceptors (Lipinski definition) is 4. The van der Waals surface area contributed by atoms with Crippen LogP contribution in [0, 0.1) is 0 Å². The second kappa shape index (κ2) is 9.77. The van der Waals surface area contributed by atoms with Gasteiger partial charge in [-0.3, -0.25) is 4.79 Å². The van der Waals surface area contributed by atoms with Gasteiger partial charge in [0, 0.05) is 21.8 Å². The molecule has 0 aliphatic carbocycles. The van der Waals surface area contributed by atoms with Gasteiger partial charge in [-0.15, -0.1) is 0 Å². The van der Waals surface area contributed by atoms with Crippen LogP contribution in [0.3, 0.4) is 0 Å². The molecule has 26 heavy (non-hydrogen) atoms. The molecule has 0 unspecified atom stereocenters. The summed E-state index contributed by atoms with van der Waals surface area (Å²) in [6, 6.07) is 12.1. The van der Waals surface area contributed by atoms with Gasteiger partial charge in [-0.05, 0) is 55.0 Å². The molecule has 0 radical (unpaired) electrons. The largest absolute Gasteiger partial charge is 0.496 e. The Kier molecular flexibility index (Phi) is 7.41. The van der Waals surface area contributed by atoms with Crippen LogP contribution in [0.4, 0.5) is 5.69 Å². The number of anilines is 1. The van der Waals surface area contributed by atoms with Gasteiger partial charge < -0.3 is 14.8 Å². The van der Waals surface area contributed by atoms with E-state index in [2.05, 4.69) is 21.2 Å². The molecule has 2 aromatic rings. The SMILES string of the molecule is CCCOC(=O)c1ccc(NC(=O)/C=C\c2cc(Br)ccc2OC)cc1. The Hall–Kier alpha value is -2.60. The van der Waals surface area contributed by atoms with E-state index < -0.39 is 0 Å². The van der Waals surface area contributed by atoms with Gasteiger partial charge in [0.05, 0.1) is 19.3 Å². The van der Waals surface area contributed by atoms with E-state index in [0.29, 0.717) is 23.6 Å². The Morgan fingerprint density at radius 2 is 1.88 bits per heavy atom. The molecular weight excluding hydrogens is 398 g/mol. The molecule has 0 saturated heterocycles. The van der Waals surface area contributed by atoms with Crippen LogP contribution in [0.2, 0.25) is 0 Å². The number of rotatable bonds is 7. The lowest BCUT2D eigenvalue weighted by Crippen LogP contribution is -2.09. The van der Waals surface area contributed by atoms with E-state index in [4.69, 9.17) is 9.47 Å². The van der Waals surface area contributed by atoms with Crippen LogP contribution in [0.1, 0.15) is 29.3 Å². The molecule has 1 N–H and O–H groups in total. The van der Waals surface area contributed by atoms with Gasteiger partial charge in [-0.2, -0.15) is 0 Å². The van der Waals surface area contributed by atoms with Crippen LogP contribution in [0.25, 0.3) is 6.08 Å². The van der Waals surface area contributed by atoms with Crippen molar-refractivity contribution in [3.63, 3.8) is 0 Å². The van der Waals surface area contributed by atoms with Crippen LogP contribution in [0.5, 0.6) is 5.75 Å². The van der Waals surface area contributed by atoms with Crippen molar-refractivity contribution in [3.05, 3.63) is 64.1 Å². The molecule has 5 nitrogen and oxygen atoms in total. The number of benzene rings is 2. The molecule has 2 rings (SSSR count). The molecule has 0 heterocycles. The van der Waals surface area contributed by atoms with Crippen LogP contribution in [-0.4, -0.2) is 25.6 Å². The Morgan fingerprint density at radius 3 is 2.54 bits per heavy atom. The van der Waals surface area contributed by atoms with Gasteiger partial charge in [-0.25, -0.2) is 4.79 Å². The zero-order valence-electron chi connectivity index (χ0n) is 14.6. The van der Waals surface area contributed by atoms with E-state index in [1.807, 2.05) is 25.1 Å². The maximum Gasteiger partial charge on any atom is 0.338 e. The highest BCUT2D eigenvalue weighted by atomic mass is 79.9. The highest BCUT2D eigenvalue weighted by Crippen LogP contribution is 2.24. The van der Waals surface area contributed by atoms with Crippen molar-refractivity contribution in [3.8, 4) is 5.75 Å². The summed E-state index contributed by atoms with van der Waals surface area (Å²) in [5, 5.41) is 2.74. The Morgan fingerprint density at radius 1 is 1.15 bits per heavy atom. The molecule has 0 atom stereocenters. The fourth-order valence-electron chi connectivity index (χ4n) is 2.15. The summed E-state index contributed by atoms with van der Waals surface area (Å²) in [7, 11) is 1.58. The van der Waals surface area contributed by atoms with E-state index in [1.165, 1.54) is 6.08 Å². The minimum atomic E-state index is -0.369. The third-order valence-corrected chi connectivity index (χ3v) is 3.92. The van der Waals surface area contributed by atoms with Crippen LogP contribution in [0.15, 0.2) is 53.0 Å². The third kappa shape index (κ3) is 5.74. The number of nitrogens with one attached hydrogen (secondary N) is 1. The molecule has 0 fully saturated rings. The topological polar surface area (TPSA) is 64.6 Å². The summed E-state index contributed by atoms with van der Waals surface area (Å²) in [6.45, 7) is 2.32. The predicted molar refractivity (Wildman–Crippen MR) is 105 cm³/mol. The summed E-state index contributed by atoms with van der Waals surface area (Å²) >= 11 is 3.39. The normalized spacial score (nSPS) is 10.6. The van der Waals surface area contributed by atoms with Gasteiger partial charge in [0.25, 0.3) is 0 Å². The number of halogens is 1. The molecule has 1 amide bonds. The number of esters is 1. The second-order valence-electron chi connectivity index (χ2n) is 5.42. The predicted octanol–water partition coefficient (Wildman–Crippen LogP) is 4.68. The Balaban J connectivity index is 1.99. The van der Waals surface area contributed by atoms with Crippen molar-refractivity contribution in [1.29, 1.82) is 0 Å². The molecule has 0 aliphatic rings. The van der Waals surface area contributed by atoms with Crippen molar-refractivity contribution in [2.75, 3.05) is 19.0 Å². The number of hydrogen-bond donors (Lipinski definition) is 1. The van der Waals surface area contributed by atoms with E-state index in [1.54, 1.807) is 37.5 Å². The van der Waals surface area contributed by atoms with Crippen molar-refractivity contribution in [1.82, 2.24) is 0 Å². The molecule has 0 spiro atoms. The lowest BCUT2D eigenvalue weighted by atomic mass is 10.2. The number of carbonyl (C=O) groups is 2. The number of amides is 1. The maximum absolute atomic E-state index is 12.1. The molecule has 2 aromatic carbocycles. The average Bonchev–Trinajstić information content (AvgIpc) is 2.65. The highest BCUT2D eigenvalue weighted by molar-refractivity contribution is 9.10. The standard InChI is InChI=1S/C20H20BrNO4/c1-3-12-26-20(24)14-4-8-17(9-5-14)22-19(23)11-6-15-13-16(21)7-10-18(15)25-2/h4-11,13H,3,12H2,1-2H3,(H,22,23)/b11-6-. The molecule has 0 aliphatic heterocycles.